The molecule has 0 aromatic heterocycles. The molecule has 5 atom stereocenters. The van der Waals surface area contributed by atoms with Crippen LogP contribution >= 0.6 is 0 Å². The minimum Gasteiger partial charge on any atom is -0.330 e. The molecule has 3 saturated heterocycles. The number of benzene rings is 1. The van der Waals surface area contributed by atoms with Crippen molar-refractivity contribution >= 4 is 11.8 Å². The van der Waals surface area contributed by atoms with Gasteiger partial charge in [0.25, 0.3) is 0 Å². The summed E-state index contributed by atoms with van der Waals surface area (Å²) in [7, 11) is 0. The second-order valence-electron chi connectivity index (χ2n) is 10.1. The van der Waals surface area contributed by atoms with Crippen molar-refractivity contribution in [3.05, 3.63) is 35.6 Å². The molecule has 5 rings (SSSR count). The third kappa shape index (κ3) is 4.02. The lowest BCUT2D eigenvalue weighted by atomic mass is 9.89. The summed E-state index contributed by atoms with van der Waals surface area (Å²) >= 11 is 0. The van der Waals surface area contributed by atoms with E-state index in [0.29, 0.717) is 32.0 Å². The average molecular weight is 454 g/mol. The summed E-state index contributed by atoms with van der Waals surface area (Å²) in [6.07, 6.45) is 6.77. The van der Waals surface area contributed by atoms with E-state index in [0.717, 1.165) is 31.2 Å². The van der Waals surface area contributed by atoms with Gasteiger partial charge in [0.2, 0.25) is 11.8 Å². The molecule has 176 valence electrons. The number of nitrogens with zero attached hydrogens (tertiary/aromatic N) is 4. The van der Waals surface area contributed by atoms with Gasteiger partial charge in [-0.15, -0.1) is 0 Å². The lowest BCUT2D eigenvalue weighted by molar-refractivity contribution is -0.142. The Labute approximate surface area is 194 Å². The Morgan fingerprint density at radius 1 is 1.18 bits per heavy atom. The Hall–Kier alpha value is -2.50. The predicted molar refractivity (Wildman–Crippen MR) is 120 cm³/mol. The van der Waals surface area contributed by atoms with E-state index < -0.39 is 12.1 Å². The topological polar surface area (TPSA) is 93.7 Å². The van der Waals surface area contributed by atoms with E-state index in [1.165, 1.54) is 25.0 Å². The van der Waals surface area contributed by atoms with Gasteiger partial charge in [0.15, 0.2) is 0 Å². The second kappa shape index (κ2) is 9.03. The molecule has 1 aromatic carbocycles. The molecule has 1 unspecified atom stereocenters. The van der Waals surface area contributed by atoms with Crippen LogP contribution in [0.15, 0.2) is 24.3 Å². The van der Waals surface area contributed by atoms with E-state index in [-0.39, 0.29) is 35.8 Å². The van der Waals surface area contributed by atoms with Crippen LogP contribution in [-0.2, 0) is 9.59 Å². The first-order valence-electron chi connectivity index (χ1n) is 12.3. The predicted octanol–water partition coefficient (Wildman–Crippen LogP) is 2.18. The zero-order valence-corrected chi connectivity index (χ0v) is 18.9. The molecule has 1 aromatic rings. The number of hydrogen-bond acceptors (Lipinski definition) is 5. The molecule has 2 amide bonds. The molecule has 4 aliphatic rings. The molecule has 1 saturated carbocycles. The van der Waals surface area contributed by atoms with Crippen molar-refractivity contribution in [2.45, 2.75) is 75.2 Å². The molecule has 1 aliphatic carbocycles. The van der Waals surface area contributed by atoms with Crippen molar-refractivity contribution in [2.75, 3.05) is 19.6 Å². The van der Waals surface area contributed by atoms with Crippen LogP contribution < -0.4 is 5.73 Å². The van der Waals surface area contributed by atoms with Gasteiger partial charge in [0.05, 0.1) is 24.2 Å². The lowest BCUT2D eigenvalue weighted by Gasteiger charge is -2.42. The molecule has 3 heterocycles. The third-order valence-electron chi connectivity index (χ3n) is 8.11. The highest BCUT2D eigenvalue weighted by Crippen LogP contribution is 2.45. The first-order valence-corrected chi connectivity index (χ1v) is 12.3. The Bertz CT molecular complexity index is 941. The first kappa shape index (κ1) is 22.3. The van der Waals surface area contributed by atoms with Gasteiger partial charge in [-0.05, 0) is 55.7 Å². The molecular formula is C25H32FN5O2. The maximum absolute atomic E-state index is 13.6. The Morgan fingerprint density at radius 3 is 2.58 bits per heavy atom. The largest absolute Gasteiger partial charge is 0.330 e. The van der Waals surface area contributed by atoms with Crippen LogP contribution in [0.2, 0.25) is 0 Å². The molecule has 33 heavy (non-hydrogen) atoms. The van der Waals surface area contributed by atoms with Crippen molar-refractivity contribution in [1.82, 2.24) is 14.7 Å². The maximum Gasteiger partial charge on any atom is 0.241 e. The van der Waals surface area contributed by atoms with E-state index in [4.69, 9.17) is 5.73 Å². The minimum atomic E-state index is -0.734. The molecule has 4 fully saturated rings. The van der Waals surface area contributed by atoms with Gasteiger partial charge in [-0.25, -0.2) is 4.39 Å². The fourth-order valence-electron chi connectivity index (χ4n) is 6.56. The van der Waals surface area contributed by atoms with Crippen LogP contribution in [0.25, 0.3) is 0 Å². The van der Waals surface area contributed by atoms with Crippen LogP contribution in [0.3, 0.4) is 0 Å². The first-order chi connectivity index (χ1) is 16.0. The molecule has 2 bridgehead atoms. The summed E-state index contributed by atoms with van der Waals surface area (Å²) in [6, 6.07) is 7.49. The number of nitrogens with two attached hydrogens (primary N) is 1. The van der Waals surface area contributed by atoms with Crippen LogP contribution in [0, 0.1) is 23.1 Å². The molecule has 0 spiro atoms. The fourth-order valence-corrected chi connectivity index (χ4v) is 6.56. The van der Waals surface area contributed by atoms with Gasteiger partial charge in [-0.3, -0.25) is 14.5 Å². The summed E-state index contributed by atoms with van der Waals surface area (Å²) in [6.45, 7) is 1.60. The minimum absolute atomic E-state index is 0.0194. The normalized spacial score (nSPS) is 29.6. The van der Waals surface area contributed by atoms with Crippen molar-refractivity contribution in [3.8, 4) is 6.07 Å². The summed E-state index contributed by atoms with van der Waals surface area (Å²) < 4.78 is 13.6. The van der Waals surface area contributed by atoms with Gasteiger partial charge in [-0.1, -0.05) is 25.0 Å². The number of carbonyl (C=O) groups excluding carboxylic acids is 2. The van der Waals surface area contributed by atoms with E-state index in [1.54, 1.807) is 4.90 Å². The van der Waals surface area contributed by atoms with Crippen LogP contribution in [0.4, 0.5) is 4.39 Å². The van der Waals surface area contributed by atoms with Gasteiger partial charge < -0.3 is 15.5 Å². The van der Waals surface area contributed by atoms with Crippen LogP contribution in [-0.4, -0.2) is 70.3 Å². The van der Waals surface area contributed by atoms with Crippen molar-refractivity contribution in [1.29, 1.82) is 5.26 Å². The smallest absolute Gasteiger partial charge is 0.241 e. The molecule has 0 radical (unpaired) electrons. The van der Waals surface area contributed by atoms with E-state index in [2.05, 4.69) is 15.9 Å². The standard InChI is InChI=1S/C25H32FN5O2/c26-18-9-7-17(8-10-18)23(16-4-1-2-5-16)31-20-12-22(25(31)33)29(14-20)15-21(28)24(32)30-11-3-6-19(30)13-27/h7-10,16,19-23H,1-6,11-12,14-15,28H2/t19-,20?,21-,22-,23-/m0/s1. The van der Waals surface area contributed by atoms with Gasteiger partial charge in [-0.2, -0.15) is 5.26 Å². The summed E-state index contributed by atoms with van der Waals surface area (Å²) in [5, 5.41) is 9.29. The summed E-state index contributed by atoms with van der Waals surface area (Å²) in [5.41, 5.74) is 7.28. The number of hydrogen-bond donors (Lipinski definition) is 1. The quantitative estimate of drug-likeness (QED) is 0.713. The molecule has 8 heteroatoms. The molecular weight excluding hydrogens is 421 g/mol. The molecule has 7 nitrogen and oxygen atoms in total. The Balaban J connectivity index is 1.29. The zero-order chi connectivity index (χ0) is 23.1. The van der Waals surface area contributed by atoms with E-state index in [1.807, 2.05) is 12.1 Å². The number of rotatable bonds is 6. The summed E-state index contributed by atoms with van der Waals surface area (Å²) in [4.78, 5) is 32.1. The van der Waals surface area contributed by atoms with Crippen LogP contribution in [0.5, 0.6) is 0 Å². The van der Waals surface area contributed by atoms with Crippen molar-refractivity contribution in [2.24, 2.45) is 11.7 Å². The SMILES string of the molecule is N#C[C@@H]1CCCN1C(=O)[C@@H](N)CN1CC2C[C@H]1C(=O)N2[C@H](c1ccc(F)cc1)C1CCCC1. The number of fused-ring (bicyclic) bond motifs is 2. The highest BCUT2D eigenvalue weighted by molar-refractivity contribution is 5.87. The number of carbonyl (C=O) groups is 2. The molecule has 3 aliphatic heterocycles. The molecule has 2 N–H and O–H groups in total. The van der Waals surface area contributed by atoms with E-state index in [9.17, 15) is 19.2 Å². The van der Waals surface area contributed by atoms with Crippen molar-refractivity contribution in [3.63, 3.8) is 0 Å². The Morgan fingerprint density at radius 2 is 1.91 bits per heavy atom. The monoisotopic (exact) mass is 453 g/mol. The van der Waals surface area contributed by atoms with E-state index >= 15 is 0 Å². The van der Waals surface area contributed by atoms with Crippen LogP contribution in [0.1, 0.15) is 56.6 Å². The third-order valence-corrected chi connectivity index (χ3v) is 8.11. The number of amides is 2. The number of nitriles is 1. The maximum atomic E-state index is 13.6. The Kier molecular flexibility index (Phi) is 6.11. The lowest BCUT2D eigenvalue weighted by Crippen LogP contribution is -2.57. The number of piperazine rings is 1. The number of halogens is 1. The fraction of sp³-hybridized carbons (Fsp3) is 0.640. The highest BCUT2D eigenvalue weighted by atomic mass is 19.1. The number of likely N-dealkylation sites (tertiary alicyclic amines) is 3. The van der Waals surface area contributed by atoms with Gasteiger partial charge in [0, 0.05) is 25.7 Å². The highest BCUT2D eigenvalue weighted by Gasteiger charge is 2.53. The second-order valence-corrected chi connectivity index (χ2v) is 10.1. The van der Waals surface area contributed by atoms with Gasteiger partial charge >= 0.3 is 0 Å². The van der Waals surface area contributed by atoms with Gasteiger partial charge in [0.1, 0.15) is 11.9 Å². The zero-order valence-electron chi connectivity index (χ0n) is 18.9. The summed E-state index contributed by atoms with van der Waals surface area (Å²) in [5.74, 6) is 0.0401. The van der Waals surface area contributed by atoms with Crippen molar-refractivity contribution < 1.29 is 14.0 Å². The average Bonchev–Trinajstić information content (AvgIpc) is 3.60.